The van der Waals surface area contributed by atoms with Crippen molar-refractivity contribution in [3.8, 4) is 0 Å². The molecule has 0 fully saturated rings. The fourth-order valence-electron chi connectivity index (χ4n) is 3.46. The highest BCUT2D eigenvalue weighted by Gasteiger charge is 2.21. The van der Waals surface area contributed by atoms with E-state index in [2.05, 4.69) is 0 Å². The third-order valence-corrected chi connectivity index (χ3v) is 5.42. The summed E-state index contributed by atoms with van der Waals surface area (Å²) in [6, 6.07) is 9.65. The molecule has 0 bridgehead atoms. The number of carboxylic acid groups (broad SMARTS) is 2. The van der Waals surface area contributed by atoms with Crippen molar-refractivity contribution in [3.63, 3.8) is 0 Å². The van der Waals surface area contributed by atoms with Gasteiger partial charge < -0.3 is 19.7 Å². The molecule has 2 rings (SSSR count). The molecule has 196 valence electrons. The Morgan fingerprint density at radius 1 is 0.667 bits per heavy atom. The molecule has 0 aromatic heterocycles. The maximum atomic E-state index is 11.9. The minimum Gasteiger partial charge on any atom is -0.478 e. The minimum absolute atomic E-state index is 0.0747. The summed E-state index contributed by atoms with van der Waals surface area (Å²) < 4.78 is 10.3. The van der Waals surface area contributed by atoms with E-state index in [4.69, 9.17) is 19.7 Å². The first-order chi connectivity index (χ1) is 17.2. The van der Waals surface area contributed by atoms with E-state index in [1.54, 1.807) is 30.3 Å². The molecule has 36 heavy (non-hydrogen) atoms. The lowest BCUT2D eigenvalue weighted by molar-refractivity contribution is 0.0452. The lowest BCUT2D eigenvalue weighted by Crippen LogP contribution is -2.14. The molecule has 0 aliphatic heterocycles. The fraction of sp³-hybridized carbons (Fsp3) is 0.429. The predicted octanol–water partition coefficient (Wildman–Crippen LogP) is 5.81. The molecule has 0 unspecified atom stereocenters. The Morgan fingerprint density at radius 2 is 1.17 bits per heavy atom. The van der Waals surface area contributed by atoms with Gasteiger partial charge in [-0.25, -0.2) is 19.2 Å². The third-order valence-electron chi connectivity index (χ3n) is 5.42. The van der Waals surface area contributed by atoms with Crippen LogP contribution in [0.5, 0.6) is 0 Å². The van der Waals surface area contributed by atoms with E-state index in [0.29, 0.717) is 31.6 Å². The number of hydrogen-bond donors (Lipinski definition) is 2. The number of aromatic carboxylic acids is 2. The zero-order chi connectivity index (χ0) is 27.1. The van der Waals surface area contributed by atoms with Crippen LogP contribution in [-0.4, -0.2) is 47.3 Å². The number of hydrogen-bond acceptors (Lipinski definition) is 6. The van der Waals surface area contributed by atoms with Crippen molar-refractivity contribution in [2.45, 2.75) is 66.2 Å². The van der Waals surface area contributed by atoms with Crippen molar-refractivity contribution in [1.82, 2.24) is 0 Å². The van der Waals surface area contributed by atoms with Crippen LogP contribution in [-0.2, 0) is 22.3 Å². The summed E-state index contributed by atoms with van der Waals surface area (Å²) in [5.74, 6) is -3.32. The number of carbonyl (C=O) groups excluding carboxylic acids is 2. The SMILES string of the molecule is CCCCOC(=O)c1ccccc1C(=O)OCCCC.CCc1ccc(C(=O)O)c(C(=O)O)c1CC. The summed E-state index contributed by atoms with van der Waals surface area (Å²) >= 11 is 0. The van der Waals surface area contributed by atoms with Crippen molar-refractivity contribution in [2.24, 2.45) is 0 Å². The van der Waals surface area contributed by atoms with Gasteiger partial charge >= 0.3 is 23.9 Å². The quantitative estimate of drug-likeness (QED) is 0.276. The molecule has 0 atom stereocenters. The molecule has 0 saturated heterocycles. The van der Waals surface area contributed by atoms with Gasteiger partial charge in [-0.3, -0.25) is 0 Å². The molecule has 0 saturated carbocycles. The first-order valence-electron chi connectivity index (χ1n) is 12.3. The van der Waals surface area contributed by atoms with Gasteiger partial charge in [0.25, 0.3) is 0 Å². The number of esters is 2. The van der Waals surface area contributed by atoms with Crippen LogP contribution in [0.25, 0.3) is 0 Å². The molecule has 0 spiro atoms. The average molecular weight is 501 g/mol. The first kappa shape index (κ1) is 30.4. The van der Waals surface area contributed by atoms with E-state index in [1.165, 1.54) is 6.07 Å². The number of unbranched alkanes of at least 4 members (excludes halogenated alkanes) is 2. The standard InChI is InChI=1S/C16H22O4.C12H14O4/c1-3-5-11-19-15(17)13-9-7-8-10-14(13)16(18)20-12-6-4-2;1-3-7-5-6-9(11(13)14)10(12(15)16)8(7)4-2/h7-10H,3-6,11-12H2,1-2H3;5-6H,3-4H2,1-2H3,(H,13,14)(H,15,16). The van der Waals surface area contributed by atoms with Crippen molar-refractivity contribution in [2.75, 3.05) is 13.2 Å². The topological polar surface area (TPSA) is 127 Å². The summed E-state index contributed by atoms with van der Waals surface area (Å²) in [6.45, 7) is 8.52. The van der Waals surface area contributed by atoms with Gasteiger partial charge in [0.05, 0.1) is 35.5 Å². The van der Waals surface area contributed by atoms with Gasteiger partial charge in [0, 0.05) is 0 Å². The second-order valence-corrected chi connectivity index (χ2v) is 7.97. The summed E-state index contributed by atoms with van der Waals surface area (Å²) in [4.78, 5) is 45.9. The van der Waals surface area contributed by atoms with Crippen LogP contribution in [0.3, 0.4) is 0 Å². The molecule has 0 radical (unpaired) electrons. The highest BCUT2D eigenvalue weighted by Crippen LogP contribution is 2.21. The fourth-order valence-corrected chi connectivity index (χ4v) is 3.46. The van der Waals surface area contributed by atoms with E-state index < -0.39 is 23.9 Å². The Kier molecular flexibility index (Phi) is 13.6. The van der Waals surface area contributed by atoms with Crippen LogP contribution in [0.2, 0.25) is 0 Å². The minimum atomic E-state index is -1.20. The predicted molar refractivity (Wildman–Crippen MR) is 136 cm³/mol. The van der Waals surface area contributed by atoms with Crippen molar-refractivity contribution in [3.05, 3.63) is 69.8 Å². The Hall–Kier alpha value is -3.68. The molecule has 0 aliphatic rings. The summed E-state index contributed by atoms with van der Waals surface area (Å²) in [5.41, 5.74) is 1.84. The molecule has 8 heteroatoms. The summed E-state index contributed by atoms with van der Waals surface area (Å²) in [5, 5.41) is 18.0. The zero-order valence-corrected chi connectivity index (χ0v) is 21.5. The number of ether oxygens (including phenoxy) is 2. The molecule has 0 amide bonds. The lowest BCUT2D eigenvalue weighted by atomic mass is 9.93. The van der Waals surface area contributed by atoms with E-state index >= 15 is 0 Å². The van der Waals surface area contributed by atoms with Crippen LogP contribution >= 0.6 is 0 Å². The monoisotopic (exact) mass is 500 g/mol. The number of aryl methyl sites for hydroxylation is 1. The normalized spacial score (nSPS) is 10.1. The number of benzene rings is 2. The highest BCUT2D eigenvalue weighted by atomic mass is 16.5. The number of carboxylic acids is 2. The maximum absolute atomic E-state index is 11.9. The second kappa shape index (κ2) is 16.1. The summed E-state index contributed by atoms with van der Waals surface area (Å²) in [6.07, 6.45) is 4.75. The van der Waals surface area contributed by atoms with Gasteiger partial charge in [0.1, 0.15) is 0 Å². The van der Waals surface area contributed by atoms with Gasteiger partial charge in [-0.2, -0.15) is 0 Å². The zero-order valence-electron chi connectivity index (χ0n) is 21.5. The van der Waals surface area contributed by atoms with E-state index in [9.17, 15) is 19.2 Å². The highest BCUT2D eigenvalue weighted by molar-refractivity contribution is 6.03. The Morgan fingerprint density at radius 3 is 1.53 bits per heavy atom. The lowest BCUT2D eigenvalue weighted by Gasteiger charge is -2.12. The van der Waals surface area contributed by atoms with E-state index in [0.717, 1.165) is 31.2 Å². The van der Waals surface area contributed by atoms with Gasteiger partial charge in [-0.05, 0) is 55.0 Å². The van der Waals surface area contributed by atoms with Crippen LogP contribution in [0.4, 0.5) is 0 Å². The first-order valence-corrected chi connectivity index (χ1v) is 12.3. The summed E-state index contributed by atoms with van der Waals surface area (Å²) in [7, 11) is 0. The van der Waals surface area contributed by atoms with Crippen LogP contribution in [0, 0.1) is 0 Å². The Balaban J connectivity index is 0.000000369. The van der Waals surface area contributed by atoms with Crippen LogP contribution < -0.4 is 0 Å². The van der Waals surface area contributed by atoms with Gasteiger partial charge in [0.2, 0.25) is 0 Å². The number of rotatable bonds is 12. The van der Waals surface area contributed by atoms with Crippen LogP contribution in [0.1, 0.15) is 106 Å². The van der Waals surface area contributed by atoms with Gasteiger partial charge in [-0.15, -0.1) is 0 Å². The second-order valence-electron chi connectivity index (χ2n) is 7.97. The van der Waals surface area contributed by atoms with Gasteiger partial charge in [-0.1, -0.05) is 58.7 Å². The molecule has 2 aromatic carbocycles. The number of carbonyl (C=O) groups is 4. The molecule has 2 N–H and O–H groups in total. The van der Waals surface area contributed by atoms with E-state index in [-0.39, 0.29) is 22.3 Å². The van der Waals surface area contributed by atoms with Crippen molar-refractivity contribution < 1.29 is 38.9 Å². The molecule has 0 heterocycles. The molecular formula is C28H36O8. The largest absolute Gasteiger partial charge is 0.478 e. The third kappa shape index (κ3) is 8.83. The Bertz CT molecular complexity index is 1000. The smallest absolute Gasteiger partial charge is 0.339 e. The Labute approximate surface area is 212 Å². The van der Waals surface area contributed by atoms with Crippen molar-refractivity contribution in [1.29, 1.82) is 0 Å². The van der Waals surface area contributed by atoms with Crippen LogP contribution in [0.15, 0.2) is 36.4 Å². The molecule has 2 aromatic rings. The molecule has 0 aliphatic carbocycles. The van der Waals surface area contributed by atoms with E-state index in [1.807, 2.05) is 27.7 Å². The maximum Gasteiger partial charge on any atom is 0.339 e. The van der Waals surface area contributed by atoms with Crippen molar-refractivity contribution >= 4 is 23.9 Å². The molecular weight excluding hydrogens is 464 g/mol. The van der Waals surface area contributed by atoms with Gasteiger partial charge in [0.15, 0.2) is 0 Å². The molecule has 8 nitrogen and oxygen atoms in total. The average Bonchev–Trinajstić information content (AvgIpc) is 2.88.